The Morgan fingerprint density at radius 3 is 2.52 bits per heavy atom. The highest BCUT2D eigenvalue weighted by Crippen LogP contribution is 2.16. The molecule has 23 heavy (non-hydrogen) atoms. The predicted octanol–water partition coefficient (Wildman–Crippen LogP) is 2.56. The van der Waals surface area contributed by atoms with Crippen LogP contribution in [0, 0.1) is 0 Å². The molecule has 0 saturated carbocycles. The minimum atomic E-state index is -1.17. The molecule has 1 amide bonds. The molecule has 0 bridgehead atoms. The summed E-state index contributed by atoms with van der Waals surface area (Å²) in [5.41, 5.74) is 2.18. The summed E-state index contributed by atoms with van der Waals surface area (Å²) in [6.45, 7) is 3.99. The van der Waals surface area contributed by atoms with Crippen LogP contribution in [0.2, 0.25) is 0 Å². The van der Waals surface area contributed by atoms with Crippen LogP contribution in [0.1, 0.15) is 58.3 Å². The van der Waals surface area contributed by atoms with Crippen molar-refractivity contribution in [1.82, 2.24) is 15.1 Å². The minimum Gasteiger partial charge on any atom is -0.477 e. The molecule has 0 radical (unpaired) electrons. The first-order valence-electron chi connectivity index (χ1n) is 7.59. The Labute approximate surface area is 135 Å². The second-order valence-corrected chi connectivity index (χ2v) is 5.52. The fourth-order valence-corrected chi connectivity index (χ4v) is 2.48. The lowest BCUT2D eigenvalue weighted by molar-refractivity contribution is 0.0678. The van der Waals surface area contributed by atoms with Gasteiger partial charge in [-0.25, -0.2) is 4.79 Å². The van der Waals surface area contributed by atoms with E-state index in [-0.39, 0.29) is 17.3 Å². The number of aromatic nitrogens is 2. The van der Waals surface area contributed by atoms with Gasteiger partial charge < -0.3 is 10.4 Å². The molecule has 0 aliphatic carbocycles. The number of nitrogens with one attached hydrogen (secondary N) is 1. The molecule has 0 fully saturated rings. The van der Waals surface area contributed by atoms with Gasteiger partial charge in [0.05, 0.1) is 17.8 Å². The molecule has 6 heteroatoms. The molecule has 1 aromatic carbocycles. The van der Waals surface area contributed by atoms with Gasteiger partial charge in [0.1, 0.15) is 0 Å². The molecule has 2 rings (SSSR count). The molecule has 1 aromatic heterocycles. The Hall–Kier alpha value is -2.63. The van der Waals surface area contributed by atoms with E-state index in [0.717, 1.165) is 18.4 Å². The van der Waals surface area contributed by atoms with Crippen molar-refractivity contribution in [1.29, 1.82) is 0 Å². The van der Waals surface area contributed by atoms with Gasteiger partial charge in [-0.05, 0) is 24.5 Å². The molecule has 0 aliphatic heterocycles. The molecule has 0 aliphatic rings. The zero-order valence-electron chi connectivity index (χ0n) is 13.5. The maximum Gasteiger partial charge on any atom is 0.354 e. The highest BCUT2D eigenvalue weighted by molar-refractivity contribution is 6.03. The number of aryl methyl sites for hydroxylation is 2. The van der Waals surface area contributed by atoms with Crippen molar-refractivity contribution in [2.24, 2.45) is 7.05 Å². The lowest BCUT2D eigenvalue weighted by atomic mass is 10.0. The molecule has 0 spiro atoms. The number of hydrogen-bond acceptors (Lipinski definition) is 3. The summed E-state index contributed by atoms with van der Waals surface area (Å²) in [7, 11) is 1.50. The molecular weight excluding hydrogens is 294 g/mol. The van der Waals surface area contributed by atoms with E-state index >= 15 is 0 Å². The summed E-state index contributed by atoms with van der Waals surface area (Å²) in [6, 6.07) is 7.84. The van der Waals surface area contributed by atoms with Crippen LogP contribution in [-0.4, -0.2) is 26.8 Å². The average molecular weight is 315 g/mol. The molecule has 2 aromatic rings. The van der Waals surface area contributed by atoms with Gasteiger partial charge >= 0.3 is 5.97 Å². The largest absolute Gasteiger partial charge is 0.477 e. The topological polar surface area (TPSA) is 84.2 Å². The van der Waals surface area contributed by atoms with Crippen LogP contribution in [0.25, 0.3) is 0 Å². The number of hydrogen-bond donors (Lipinski definition) is 2. The second-order valence-electron chi connectivity index (χ2n) is 5.52. The van der Waals surface area contributed by atoms with Gasteiger partial charge in [0.25, 0.3) is 5.91 Å². The number of carbonyl (C=O) groups excluding carboxylic acids is 1. The molecule has 1 heterocycles. The van der Waals surface area contributed by atoms with Gasteiger partial charge in [-0.3, -0.25) is 9.48 Å². The van der Waals surface area contributed by atoms with Gasteiger partial charge in [-0.2, -0.15) is 5.10 Å². The first-order valence-corrected chi connectivity index (χ1v) is 7.59. The van der Waals surface area contributed by atoms with Crippen LogP contribution in [0.5, 0.6) is 0 Å². The monoisotopic (exact) mass is 315 g/mol. The smallest absolute Gasteiger partial charge is 0.354 e. The van der Waals surface area contributed by atoms with Crippen molar-refractivity contribution in [2.75, 3.05) is 0 Å². The van der Waals surface area contributed by atoms with Crippen LogP contribution >= 0.6 is 0 Å². The van der Waals surface area contributed by atoms with Crippen LogP contribution in [0.3, 0.4) is 0 Å². The summed E-state index contributed by atoms with van der Waals surface area (Å²) in [5, 5.41) is 15.8. The van der Waals surface area contributed by atoms with Gasteiger partial charge in [-0.1, -0.05) is 37.6 Å². The highest BCUT2D eigenvalue weighted by atomic mass is 16.4. The molecule has 1 atom stereocenters. The molecule has 6 nitrogen and oxygen atoms in total. The maximum absolute atomic E-state index is 12.3. The lowest BCUT2D eigenvalue weighted by Gasteiger charge is -2.14. The van der Waals surface area contributed by atoms with Crippen molar-refractivity contribution in [3.05, 3.63) is 52.8 Å². The number of carbonyl (C=O) groups is 2. The number of carboxylic acids is 1. The number of nitrogens with zero attached hydrogens (tertiary/aromatic N) is 2. The summed E-state index contributed by atoms with van der Waals surface area (Å²) >= 11 is 0. The molecule has 122 valence electrons. The predicted molar refractivity (Wildman–Crippen MR) is 86.5 cm³/mol. The van der Waals surface area contributed by atoms with E-state index in [4.69, 9.17) is 0 Å². The summed E-state index contributed by atoms with van der Waals surface area (Å²) < 4.78 is 1.18. The quantitative estimate of drug-likeness (QED) is 0.858. The van der Waals surface area contributed by atoms with Crippen LogP contribution in [0.15, 0.2) is 30.5 Å². The van der Waals surface area contributed by atoms with Crippen LogP contribution in [-0.2, 0) is 13.5 Å². The second kappa shape index (κ2) is 7.09. The fraction of sp³-hybridized carbons (Fsp3) is 0.353. The van der Waals surface area contributed by atoms with E-state index in [9.17, 15) is 14.7 Å². The zero-order chi connectivity index (χ0) is 17.0. The number of amides is 1. The van der Waals surface area contributed by atoms with Gasteiger partial charge in [0.2, 0.25) is 0 Å². The lowest BCUT2D eigenvalue weighted by Crippen LogP contribution is -2.28. The third-order valence-electron chi connectivity index (χ3n) is 3.75. The first kappa shape index (κ1) is 16.7. The minimum absolute atomic E-state index is 0.0643. The molecular formula is C17H21N3O3. The number of rotatable bonds is 6. The van der Waals surface area contributed by atoms with E-state index in [2.05, 4.69) is 17.3 Å². The molecule has 1 unspecified atom stereocenters. The van der Waals surface area contributed by atoms with E-state index in [1.807, 2.05) is 31.2 Å². The van der Waals surface area contributed by atoms with E-state index < -0.39 is 11.9 Å². The van der Waals surface area contributed by atoms with Crippen molar-refractivity contribution in [3.8, 4) is 0 Å². The summed E-state index contributed by atoms with van der Waals surface area (Å²) in [5.74, 6) is -1.62. The Morgan fingerprint density at radius 2 is 1.96 bits per heavy atom. The Kier molecular flexibility index (Phi) is 5.16. The standard InChI is InChI=1S/C17H21N3O3/c1-4-5-12-6-8-13(9-7-12)11(2)19-16(21)14-10-18-20(3)15(14)17(22)23/h6-11H,4-5H2,1-3H3,(H,19,21)(H,22,23). The van der Waals surface area contributed by atoms with Crippen LogP contribution < -0.4 is 5.32 Å². The molecule has 2 N–H and O–H groups in total. The van der Waals surface area contributed by atoms with Crippen molar-refractivity contribution in [2.45, 2.75) is 32.7 Å². The fourth-order valence-electron chi connectivity index (χ4n) is 2.48. The first-order chi connectivity index (χ1) is 10.9. The van der Waals surface area contributed by atoms with Crippen molar-refractivity contribution in [3.63, 3.8) is 0 Å². The zero-order valence-corrected chi connectivity index (χ0v) is 13.5. The van der Waals surface area contributed by atoms with E-state index in [0.29, 0.717) is 0 Å². The maximum atomic E-state index is 12.3. The third-order valence-corrected chi connectivity index (χ3v) is 3.75. The normalized spacial score (nSPS) is 12.0. The van der Waals surface area contributed by atoms with Gasteiger partial charge in [-0.15, -0.1) is 0 Å². The summed E-state index contributed by atoms with van der Waals surface area (Å²) in [4.78, 5) is 23.5. The van der Waals surface area contributed by atoms with Crippen molar-refractivity contribution < 1.29 is 14.7 Å². The molecule has 0 saturated heterocycles. The Morgan fingerprint density at radius 1 is 1.30 bits per heavy atom. The number of benzene rings is 1. The highest BCUT2D eigenvalue weighted by Gasteiger charge is 2.22. The van der Waals surface area contributed by atoms with Gasteiger partial charge in [0.15, 0.2) is 5.69 Å². The number of aromatic carboxylic acids is 1. The Bertz CT molecular complexity index is 704. The third kappa shape index (κ3) is 3.77. The Balaban J connectivity index is 2.12. The van der Waals surface area contributed by atoms with Crippen LogP contribution in [0.4, 0.5) is 0 Å². The summed E-state index contributed by atoms with van der Waals surface area (Å²) in [6.07, 6.45) is 3.39. The van der Waals surface area contributed by atoms with E-state index in [1.54, 1.807) is 0 Å². The SMILES string of the molecule is CCCc1ccc(C(C)NC(=O)c2cnn(C)c2C(=O)O)cc1. The van der Waals surface area contributed by atoms with E-state index in [1.165, 1.54) is 23.5 Å². The average Bonchev–Trinajstić information content (AvgIpc) is 2.90. The van der Waals surface area contributed by atoms with Gasteiger partial charge in [0, 0.05) is 7.05 Å². The number of carboxylic acid groups (broad SMARTS) is 1. The van der Waals surface area contributed by atoms with Crippen molar-refractivity contribution >= 4 is 11.9 Å².